The molecule has 0 saturated carbocycles. The topological polar surface area (TPSA) is 52.6 Å². The highest BCUT2D eigenvalue weighted by Gasteiger charge is 2.29. The first kappa shape index (κ1) is 17.1. The Bertz CT molecular complexity index is 584. The summed E-state index contributed by atoms with van der Waals surface area (Å²) in [5.41, 5.74) is 1.09. The Kier molecular flexibility index (Phi) is 5.28. The van der Waals surface area contributed by atoms with Gasteiger partial charge in [0, 0.05) is 10.7 Å². The Morgan fingerprint density at radius 2 is 1.80 bits per heavy atom. The van der Waals surface area contributed by atoms with Crippen molar-refractivity contribution in [1.29, 1.82) is 0 Å². The van der Waals surface area contributed by atoms with Crippen LogP contribution in [0, 0.1) is 13.8 Å². The van der Waals surface area contributed by atoms with E-state index in [0.29, 0.717) is 11.1 Å². The van der Waals surface area contributed by atoms with Gasteiger partial charge in [0.1, 0.15) is 17.3 Å². The van der Waals surface area contributed by atoms with E-state index in [1.807, 2.05) is 0 Å². The molecule has 0 spiro atoms. The fourth-order valence-electron chi connectivity index (χ4n) is 1.58. The number of hydrogen-bond acceptors (Lipinski definition) is 4. The molecule has 114 valence electrons. The molecule has 0 aliphatic carbocycles. The number of alkyl halides is 3. The summed E-state index contributed by atoms with van der Waals surface area (Å²) in [7, 11) is 1.21. The molecule has 0 amide bonds. The van der Waals surface area contributed by atoms with Gasteiger partial charge in [-0.15, -0.1) is 13.2 Å². The minimum Gasteiger partial charge on any atom is -0.489 e. The van der Waals surface area contributed by atoms with Crippen molar-refractivity contribution in [3.63, 3.8) is 0 Å². The highest BCUT2D eigenvalue weighted by atomic mass is 35.7. The van der Waals surface area contributed by atoms with E-state index in [4.69, 9.17) is 15.4 Å². The van der Waals surface area contributed by atoms with Gasteiger partial charge in [0.25, 0.3) is 9.05 Å². The molecule has 0 aromatic heterocycles. The van der Waals surface area contributed by atoms with Gasteiger partial charge in [0.2, 0.25) is 0 Å². The Balaban J connectivity index is 2.90. The lowest BCUT2D eigenvalue weighted by atomic mass is 10.1. The van der Waals surface area contributed by atoms with Crippen LogP contribution in [0.25, 0.3) is 0 Å². The Morgan fingerprint density at radius 3 is 2.30 bits per heavy atom. The zero-order valence-electron chi connectivity index (χ0n) is 10.6. The van der Waals surface area contributed by atoms with Gasteiger partial charge in [-0.05, 0) is 31.0 Å². The van der Waals surface area contributed by atoms with Crippen LogP contribution in [0.4, 0.5) is 13.2 Å². The third kappa shape index (κ3) is 5.18. The lowest BCUT2D eigenvalue weighted by Crippen LogP contribution is -2.18. The van der Waals surface area contributed by atoms with Crippen molar-refractivity contribution < 1.29 is 31.1 Å². The highest BCUT2D eigenvalue weighted by Crippen LogP contribution is 2.31. The number of aryl methyl sites for hydroxylation is 2. The van der Waals surface area contributed by atoms with Crippen molar-refractivity contribution >= 4 is 19.7 Å². The molecule has 1 rings (SSSR count). The van der Waals surface area contributed by atoms with Gasteiger partial charge < -0.3 is 4.74 Å². The molecule has 9 heteroatoms. The second kappa shape index (κ2) is 6.19. The molecule has 0 radical (unpaired) electrons. The number of halogens is 4. The van der Waals surface area contributed by atoms with Crippen LogP contribution in [-0.2, 0) is 13.8 Å². The maximum Gasteiger partial charge on any atom is 0.522 e. The normalized spacial score (nSPS) is 12.5. The molecule has 0 fully saturated rings. The first-order chi connectivity index (χ1) is 9.00. The van der Waals surface area contributed by atoms with Crippen LogP contribution in [0.5, 0.6) is 5.75 Å². The minimum absolute atomic E-state index is 0.0728. The molecule has 1 aromatic rings. The van der Waals surface area contributed by atoms with E-state index in [0.717, 1.165) is 0 Å². The van der Waals surface area contributed by atoms with E-state index < -0.39 is 28.6 Å². The number of ether oxygens (including phenoxy) is 2. The summed E-state index contributed by atoms with van der Waals surface area (Å²) in [6.07, 6.45) is -4.76. The van der Waals surface area contributed by atoms with Gasteiger partial charge in [0.05, 0.1) is 6.61 Å². The number of benzene rings is 1. The van der Waals surface area contributed by atoms with Crippen LogP contribution >= 0.6 is 10.7 Å². The zero-order chi connectivity index (χ0) is 15.6. The van der Waals surface area contributed by atoms with Crippen LogP contribution in [0.2, 0.25) is 0 Å². The van der Waals surface area contributed by atoms with E-state index >= 15 is 0 Å². The van der Waals surface area contributed by atoms with Crippen molar-refractivity contribution in [3.05, 3.63) is 23.3 Å². The third-order valence-electron chi connectivity index (χ3n) is 2.24. The standard InChI is InChI=1S/C11H12ClF3O4S/c1-7-5-8(2)10(9(6-7)20(12,16)17)18-3-4-19-11(13,14)15/h5-6H,3-4H2,1-2H3. The minimum atomic E-state index is -4.76. The van der Waals surface area contributed by atoms with Gasteiger partial charge in [0.15, 0.2) is 0 Å². The lowest BCUT2D eigenvalue weighted by Gasteiger charge is -2.14. The summed E-state index contributed by atoms with van der Waals surface area (Å²) in [6.45, 7) is 2.02. The van der Waals surface area contributed by atoms with Crippen LogP contribution in [0.15, 0.2) is 17.0 Å². The number of hydrogen-bond donors (Lipinski definition) is 0. The average molecular weight is 333 g/mol. The molecule has 0 atom stereocenters. The molecule has 4 nitrogen and oxygen atoms in total. The Morgan fingerprint density at radius 1 is 1.20 bits per heavy atom. The summed E-state index contributed by atoms with van der Waals surface area (Å²) in [5.74, 6) is -0.0728. The van der Waals surface area contributed by atoms with Gasteiger partial charge in [-0.1, -0.05) is 6.07 Å². The van der Waals surface area contributed by atoms with Gasteiger partial charge in [-0.2, -0.15) is 0 Å². The molecule has 0 saturated heterocycles. The van der Waals surface area contributed by atoms with Crippen LogP contribution in [0.3, 0.4) is 0 Å². The van der Waals surface area contributed by atoms with Gasteiger partial charge >= 0.3 is 6.36 Å². The molecular weight excluding hydrogens is 321 g/mol. The van der Waals surface area contributed by atoms with Crippen molar-refractivity contribution in [2.75, 3.05) is 13.2 Å². The molecule has 20 heavy (non-hydrogen) atoms. The quantitative estimate of drug-likeness (QED) is 0.614. The summed E-state index contributed by atoms with van der Waals surface area (Å²) >= 11 is 0. The predicted molar refractivity (Wildman–Crippen MR) is 66.5 cm³/mol. The fourth-order valence-corrected chi connectivity index (χ4v) is 2.69. The first-order valence-corrected chi connectivity index (χ1v) is 7.71. The van der Waals surface area contributed by atoms with Crippen molar-refractivity contribution in [2.24, 2.45) is 0 Å². The number of rotatable bonds is 5. The second-order valence-corrected chi connectivity index (χ2v) is 6.52. The van der Waals surface area contributed by atoms with E-state index in [1.54, 1.807) is 19.9 Å². The molecule has 0 heterocycles. The first-order valence-electron chi connectivity index (χ1n) is 5.40. The Hall–Kier alpha value is -0.990. The third-order valence-corrected chi connectivity index (χ3v) is 3.57. The van der Waals surface area contributed by atoms with E-state index in [2.05, 4.69) is 4.74 Å². The average Bonchev–Trinajstić information content (AvgIpc) is 2.23. The monoisotopic (exact) mass is 332 g/mol. The molecule has 0 N–H and O–H groups in total. The van der Waals surface area contributed by atoms with Crippen molar-refractivity contribution in [2.45, 2.75) is 25.1 Å². The highest BCUT2D eigenvalue weighted by molar-refractivity contribution is 8.13. The van der Waals surface area contributed by atoms with E-state index in [1.165, 1.54) is 6.07 Å². The van der Waals surface area contributed by atoms with Crippen LogP contribution in [-0.4, -0.2) is 28.0 Å². The predicted octanol–water partition coefficient (Wildman–Crippen LogP) is 3.15. The van der Waals surface area contributed by atoms with E-state index in [9.17, 15) is 21.6 Å². The zero-order valence-corrected chi connectivity index (χ0v) is 12.2. The van der Waals surface area contributed by atoms with Gasteiger partial charge in [-0.3, -0.25) is 4.74 Å². The maximum atomic E-state index is 11.8. The van der Waals surface area contributed by atoms with Gasteiger partial charge in [-0.25, -0.2) is 8.42 Å². The summed E-state index contributed by atoms with van der Waals surface area (Å²) in [6, 6.07) is 2.92. The SMILES string of the molecule is Cc1cc(C)c(OCCOC(F)(F)F)c(S(=O)(=O)Cl)c1. The maximum absolute atomic E-state index is 11.8. The molecular formula is C11H12ClF3O4S. The van der Waals surface area contributed by atoms with Crippen LogP contribution in [0.1, 0.15) is 11.1 Å². The second-order valence-electron chi connectivity index (χ2n) is 3.99. The van der Waals surface area contributed by atoms with Crippen molar-refractivity contribution in [3.8, 4) is 5.75 Å². The van der Waals surface area contributed by atoms with Crippen LogP contribution < -0.4 is 4.74 Å². The summed E-state index contributed by atoms with van der Waals surface area (Å²) < 4.78 is 66.8. The summed E-state index contributed by atoms with van der Waals surface area (Å²) in [4.78, 5) is -0.274. The largest absolute Gasteiger partial charge is 0.522 e. The molecule has 0 unspecified atom stereocenters. The lowest BCUT2D eigenvalue weighted by molar-refractivity contribution is -0.325. The fraction of sp³-hybridized carbons (Fsp3) is 0.455. The Labute approximate surface area is 118 Å². The molecule has 1 aromatic carbocycles. The molecule has 0 aliphatic heterocycles. The summed E-state index contributed by atoms with van der Waals surface area (Å²) in [5, 5.41) is 0. The van der Waals surface area contributed by atoms with Crippen molar-refractivity contribution in [1.82, 2.24) is 0 Å². The van der Waals surface area contributed by atoms with E-state index in [-0.39, 0.29) is 10.6 Å². The smallest absolute Gasteiger partial charge is 0.489 e. The molecule has 0 aliphatic rings. The molecule has 0 bridgehead atoms.